The third-order valence-corrected chi connectivity index (χ3v) is 4.24. The number of aryl methyl sites for hydroxylation is 1. The fourth-order valence-corrected chi connectivity index (χ4v) is 2.98. The molecule has 100 valence electrons. The summed E-state index contributed by atoms with van der Waals surface area (Å²) in [5.41, 5.74) is 0.584. The van der Waals surface area contributed by atoms with Gasteiger partial charge in [0, 0.05) is 32.7 Å². The van der Waals surface area contributed by atoms with Gasteiger partial charge in [0.25, 0.3) is 0 Å². The summed E-state index contributed by atoms with van der Waals surface area (Å²) in [6.45, 7) is 6.01. The zero-order valence-corrected chi connectivity index (χ0v) is 11.1. The molecule has 1 fully saturated rings. The number of nitrogens with zero attached hydrogens (tertiary/aromatic N) is 3. The number of aromatic carboxylic acids is 1. The zero-order valence-electron chi connectivity index (χ0n) is 10.3. The normalized spacial score (nSPS) is 17.1. The van der Waals surface area contributed by atoms with Gasteiger partial charge in [0.2, 0.25) is 0 Å². The number of hydrogen-bond acceptors (Lipinski definition) is 6. The van der Waals surface area contributed by atoms with Gasteiger partial charge in [-0.05, 0) is 6.92 Å². The lowest BCUT2D eigenvalue weighted by atomic mass is 10.3. The molecular formula is C11H17N3O3S. The van der Waals surface area contributed by atoms with Crippen molar-refractivity contribution in [3.05, 3.63) is 10.6 Å². The van der Waals surface area contributed by atoms with Crippen LogP contribution in [0.1, 0.15) is 15.4 Å². The smallest absolute Gasteiger partial charge is 0.347 e. The van der Waals surface area contributed by atoms with E-state index >= 15 is 0 Å². The molecule has 0 bridgehead atoms. The van der Waals surface area contributed by atoms with Crippen LogP contribution in [-0.4, -0.2) is 65.4 Å². The summed E-state index contributed by atoms with van der Waals surface area (Å²) < 4.78 is 0. The molecule has 6 nitrogen and oxygen atoms in total. The first kappa shape index (κ1) is 13.3. The van der Waals surface area contributed by atoms with Gasteiger partial charge in [-0.2, -0.15) is 0 Å². The predicted octanol–water partition coefficient (Wildman–Crippen LogP) is 0.264. The maximum absolute atomic E-state index is 11.0. The second kappa shape index (κ2) is 5.64. The number of aromatic nitrogens is 1. The molecule has 2 rings (SSSR count). The van der Waals surface area contributed by atoms with Gasteiger partial charge in [0.05, 0.1) is 12.3 Å². The maximum Gasteiger partial charge on any atom is 0.347 e. The Balaban J connectivity index is 2.01. The van der Waals surface area contributed by atoms with Gasteiger partial charge in [-0.15, -0.1) is 0 Å². The summed E-state index contributed by atoms with van der Waals surface area (Å²) in [4.78, 5) is 19.9. The van der Waals surface area contributed by atoms with E-state index in [9.17, 15) is 4.79 Å². The average molecular weight is 271 g/mol. The molecule has 0 saturated carbocycles. The van der Waals surface area contributed by atoms with Crippen LogP contribution in [0.5, 0.6) is 0 Å². The van der Waals surface area contributed by atoms with E-state index in [1.165, 1.54) is 11.3 Å². The molecule has 7 heteroatoms. The number of rotatable bonds is 4. The molecule has 1 aliphatic rings. The molecule has 0 amide bonds. The second-order valence-corrected chi connectivity index (χ2v) is 5.25. The molecule has 1 saturated heterocycles. The Morgan fingerprint density at radius 2 is 2.06 bits per heavy atom. The number of piperazine rings is 1. The molecule has 1 aromatic rings. The Hall–Kier alpha value is -1.18. The van der Waals surface area contributed by atoms with Crippen LogP contribution >= 0.6 is 11.3 Å². The van der Waals surface area contributed by atoms with Crippen LogP contribution in [0.15, 0.2) is 0 Å². The van der Waals surface area contributed by atoms with Crippen LogP contribution in [0, 0.1) is 6.92 Å². The number of hydrogen-bond donors (Lipinski definition) is 2. The largest absolute Gasteiger partial charge is 0.477 e. The fourth-order valence-electron chi connectivity index (χ4n) is 2.02. The molecule has 0 atom stereocenters. The van der Waals surface area contributed by atoms with E-state index in [0.717, 1.165) is 31.3 Å². The van der Waals surface area contributed by atoms with Crippen LogP contribution in [0.4, 0.5) is 5.13 Å². The minimum Gasteiger partial charge on any atom is -0.477 e. The lowest BCUT2D eigenvalue weighted by Gasteiger charge is -2.34. The van der Waals surface area contributed by atoms with E-state index in [1.54, 1.807) is 6.92 Å². The highest BCUT2D eigenvalue weighted by Crippen LogP contribution is 2.26. The number of aliphatic hydroxyl groups is 1. The molecular weight excluding hydrogens is 254 g/mol. The molecule has 0 spiro atoms. The van der Waals surface area contributed by atoms with Gasteiger partial charge in [0.1, 0.15) is 4.88 Å². The van der Waals surface area contributed by atoms with Crippen molar-refractivity contribution in [3.63, 3.8) is 0 Å². The number of carboxylic acids is 1. The molecule has 0 unspecified atom stereocenters. The van der Waals surface area contributed by atoms with Crippen molar-refractivity contribution in [1.82, 2.24) is 9.88 Å². The van der Waals surface area contributed by atoms with Crippen molar-refractivity contribution < 1.29 is 15.0 Å². The van der Waals surface area contributed by atoms with E-state index in [4.69, 9.17) is 10.2 Å². The maximum atomic E-state index is 11.0. The third kappa shape index (κ3) is 2.80. The number of carbonyl (C=O) groups is 1. The molecule has 0 aromatic carbocycles. The van der Waals surface area contributed by atoms with Gasteiger partial charge in [0.15, 0.2) is 5.13 Å². The van der Waals surface area contributed by atoms with Gasteiger partial charge < -0.3 is 15.1 Å². The van der Waals surface area contributed by atoms with Crippen LogP contribution in [-0.2, 0) is 0 Å². The minimum absolute atomic E-state index is 0.180. The molecule has 0 radical (unpaired) electrons. The lowest BCUT2D eigenvalue weighted by molar-refractivity contribution is 0.0701. The number of carboxylic acid groups (broad SMARTS) is 1. The average Bonchev–Trinajstić information content (AvgIpc) is 2.73. The van der Waals surface area contributed by atoms with E-state index < -0.39 is 5.97 Å². The van der Waals surface area contributed by atoms with Crippen molar-refractivity contribution in [3.8, 4) is 0 Å². The Bertz CT molecular complexity index is 427. The summed E-state index contributed by atoms with van der Waals surface area (Å²) in [6, 6.07) is 0. The minimum atomic E-state index is -0.907. The quantitative estimate of drug-likeness (QED) is 0.818. The number of anilines is 1. The lowest BCUT2D eigenvalue weighted by Crippen LogP contribution is -2.47. The van der Waals surface area contributed by atoms with Crippen LogP contribution in [0.3, 0.4) is 0 Å². The van der Waals surface area contributed by atoms with Crippen molar-refractivity contribution in [2.75, 3.05) is 44.2 Å². The van der Waals surface area contributed by atoms with Crippen LogP contribution in [0.2, 0.25) is 0 Å². The number of β-amino-alcohol motifs (C(OH)–C–C–N with tert-alkyl or cyclic N) is 1. The van der Waals surface area contributed by atoms with Gasteiger partial charge >= 0.3 is 5.97 Å². The highest BCUT2D eigenvalue weighted by molar-refractivity contribution is 7.17. The predicted molar refractivity (Wildman–Crippen MR) is 69.5 cm³/mol. The third-order valence-electron chi connectivity index (χ3n) is 3.04. The zero-order chi connectivity index (χ0) is 13.1. The first-order valence-corrected chi connectivity index (χ1v) is 6.72. The Morgan fingerprint density at radius 1 is 1.39 bits per heavy atom. The van der Waals surface area contributed by atoms with E-state index in [0.29, 0.717) is 17.1 Å². The Morgan fingerprint density at radius 3 is 2.56 bits per heavy atom. The topological polar surface area (TPSA) is 76.9 Å². The monoisotopic (exact) mass is 271 g/mol. The highest BCUT2D eigenvalue weighted by atomic mass is 32.1. The summed E-state index contributed by atoms with van der Waals surface area (Å²) >= 11 is 1.24. The van der Waals surface area contributed by atoms with Crippen molar-refractivity contribution in [1.29, 1.82) is 0 Å². The van der Waals surface area contributed by atoms with Gasteiger partial charge in [-0.25, -0.2) is 9.78 Å². The van der Waals surface area contributed by atoms with E-state index in [2.05, 4.69) is 14.8 Å². The summed E-state index contributed by atoms with van der Waals surface area (Å²) in [7, 11) is 0. The van der Waals surface area contributed by atoms with Crippen LogP contribution < -0.4 is 4.90 Å². The molecule has 1 aliphatic heterocycles. The number of thiazole rings is 1. The standard InChI is InChI=1S/C11H17N3O3S/c1-8-9(10(16)17)18-11(12-8)14-4-2-13(3-5-14)6-7-15/h15H,2-7H2,1H3,(H,16,17). The van der Waals surface area contributed by atoms with Gasteiger partial charge in [-0.1, -0.05) is 11.3 Å². The molecule has 1 aromatic heterocycles. The summed E-state index contributed by atoms with van der Waals surface area (Å²) in [5, 5.41) is 18.7. The van der Waals surface area contributed by atoms with Crippen molar-refractivity contribution in [2.45, 2.75) is 6.92 Å². The molecule has 18 heavy (non-hydrogen) atoms. The van der Waals surface area contributed by atoms with Crippen molar-refractivity contribution in [2.24, 2.45) is 0 Å². The molecule has 2 heterocycles. The van der Waals surface area contributed by atoms with Gasteiger partial charge in [-0.3, -0.25) is 4.90 Å². The summed E-state index contributed by atoms with van der Waals surface area (Å²) in [6.07, 6.45) is 0. The first-order chi connectivity index (χ1) is 8.61. The van der Waals surface area contributed by atoms with Crippen molar-refractivity contribution >= 4 is 22.4 Å². The SMILES string of the molecule is Cc1nc(N2CCN(CCO)CC2)sc1C(=O)O. The Labute approximate surface area is 109 Å². The second-order valence-electron chi connectivity index (χ2n) is 4.27. The summed E-state index contributed by atoms with van der Waals surface area (Å²) in [5.74, 6) is -0.907. The molecule has 0 aliphatic carbocycles. The first-order valence-electron chi connectivity index (χ1n) is 5.90. The van der Waals surface area contributed by atoms with E-state index in [1.807, 2.05) is 0 Å². The highest BCUT2D eigenvalue weighted by Gasteiger charge is 2.22. The Kier molecular flexibility index (Phi) is 4.15. The fraction of sp³-hybridized carbons (Fsp3) is 0.636. The number of aliphatic hydroxyl groups excluding tert-OH is 1. The van der Waals surface area contributed by atoms with Crippen LogP contribution in [0.25, 0.3) is 0 Å². The van der Waals surface area contributed by atoms with E-state index in [-0.39, 0.29) is 6.61 Å². The molecule has 2 N–H and O–H groups in total.